The van der Waals surface area contributed by atoms with Gasteiger partial charge in [0.05, 0.1) is 6.61 Å². The molecule has 0 saturated heterocycles. The van der Waals surface area contributed by atoms with Crippen molar-refractivity contribution in [1.82, 2.24) is 5.32 Å². The number of hydrogen-bond acceptors (Lipinski definition) is 3. The standard InChI is InChI=1S/C16H28N2O/c1-5-6-10-18(3)16-8-7-15(14(2)12-16)13-17-9-11-19-4/h7-8,12,17H,5-6,9-11,13H2,1-4H3. The van der Waals surface area contributed by atoms with Gasteiger partial charge in [-0.25, -0.2) is 0 Å². The van der Waals surface area contributed by atoms with Crippen LogP contribution in [0.4, 0.5) is 5.69 Å². The number of anilines is 1. The molecule has 1 rings (SSSR count). The van der Waals surface area contributed by atoms with E-state index in [0.29, 0.717) is 0 Å². The highest BCUT2D eigenvalue weighted by atomic mass is 16.5. The summed E-state index contributed by atoms with van der Waals surface area (Å²) in [7, 11) is 3.90. The molecule has 0 radical (unpaired) electrons. The molecule has 0 spiro atoms. The van der Waals surface area contributed by atoms with Crippen molar-refractivity contribution in [3.8, 4) is 0 Å². The van der Waals surface area contributed by atoms with E-state index in [4.69, 9.17) is 4.74 Å². The largest absolute Gasteiger partial charge is 0.383 e. The van der Waals surface area contributed by atoms with Crippen LogP contribution in [-0.2, 0) is 11.3 Å². The van der Waals surface area contributed by atoms with Crippen molar-refractivity contribution in [2.75, 3.05) is 38.8 Å². The van der Waals surface area contributed by atoms with Crippen LogP contribution in [0.25, 0.3) is 0 Å². The molecule has 0 amide bonds. The minimum absolute atomic E-state index is 0.761. The van der Waals surface area contributed by atoms with Crippen LogP contribution >= 0.6 is 0 Å². The first-order valence-corrected chi connectivity index (χ1v) is 7.19. The van der Waals surface area contributed by atoms with Gasteiger partial charge in [0.2, 0.25) is 0 Å². The lowest BCUT2D eigenvalue weighted by Crippen LogP contribution is -2.20. The molecule has 0 unspecified atom stereocenters. The lowest BCUT2D eigenvalue weighted by Gasteiger charge is -2.20. The van der Waals surface area contributed by atoms with E-state index in [-0.39, 0.29) is 0 Å². The summed E-state index contributed by atoms with van der Waals surface area (Å²) in [6, 6.07) is 6.73. The van der Waals surface area contributed by atoms with Crippen molar-refractivity contribution in [3.63, 3.8) is 0 Å². The maximum Gasteiger partial charge on any atom is 0.0587 e. The Bertz CT molecular complexity index is 366. The van der Waals surface area contributed by atoms with Gasteiger partial charge in [0.25, 0.3) is 0 Å². The van der Waals surface area contributed by atoms with Crippen LogP contribution in [0.3, 0.4) is 0 Å². The van der Waals surface area contributed by atoms with Crippen LogP contribution in [0, 0.1) is 6.92 Å². The molecular formula is C16H28N2O. The second-order valence-corrected chi connectivity index (χ2v) is 5.06. The van der Waals surface area contributed by atoms with E-state index in [1.165, 1.54) is 29.7 Å². The molecule has 3 heteroatoms. The second-order valence-electron chi connectivity index (χ2n) is 5.06. The first-order chi connectivity index (χ1) is 9.19. The van der Waals surface area contributed by atoms with Gasteiger partial charge >= 0.3 is 0 Å². The van der Waals surface area contributed by atoms with E-state index >= 15 is 0 Å². The van der Waals surface area contributed by atoms with Crippen molar-refractivity contribution < 1.29 is 4.74 Å². The Morgan fingerprint density at radius 3 is 2.74 bits per heavy atom. The van der Waals surface area contributed by atoms with E-state index in [9.17, 15) is 0 Å². The number of hydrogen-bond donors (Lipinski definition) is 1. The Labute approximate surface area is 118 Å². The van der Waals surface area contributed by atoms with Gasteiger partial charge in [-0.05, 0) is 36.6 Å². The average Bonchev–Trinajstić information content (AvgIpc) is 2.42. The van der Waals surface area contributed by atoms with Gasteiger partial charge in [-0.15, -0.1) is 0 Å². The monoisotopic (exact) mass is 264 g/mol. The summed E-state index contributed by atoms with van der Waals surface area (Å²) in [5.41, 5.74) is 4.03. The number of methoxy groups -OCH3 is 1. The van der Waals surface area contributed by atoms with Crippen LogP contribution in [-0.4, -0.2) is 33.9 Å². The molecule has 0 heterocycles. The highest BCUT2D eigenvalue weighted by Gasteiger charge is 2.03. The number of unbranched alkanes of at least 4 members (excludes halogenated alkanes) is 1. The zero-order chi connectivity index (χ0) is 14.1. The SMILES string of the molecule is CCCCN(C)c1ccc(CNCCOC)c(C)c1. The van der Waals surface area contributed by atoms with E-state index in [0.717, 1.165) is 26.2 Å². The molecule has 0 aliphatic carbocycles. The van der Waals surface area contributed by atoms with Crippen LogP contribution < -0.4 is 10.2 Å². The summed E-state index contributed by atoms with van der Waals surface area (Å²) in [4.78, 5) is 2.33. The molecule has 19 heavy (non-hydrogen) atoms. The topological polar surface area (TPSA) is 24.5 Å². The number of aryl methyl sites for hydroxylation is 1. The Morgan fingerprint density at radius 2 is 2.11 bits per heavy atom. The summed E-state index contributed by atoms with van der Waals surface area (Å²) >= 11 is 0. The maximum atomic E-state index is 5.03. The minimum atomic E-state index is 0.761. The molecule has 0 aliphatic rings. The predicted molar refractivity (Wildman–Crippen MR) is 82.9 cm³/mol. The first-order valence-electron chi connectivity index (χ1n) is 7.19. The maximum absolute atomic E-state index is 5.03. The second kappa shape index (κ2) is 8.94. The normalized spacial score (nSPS) is 10.7. The summed E-state index contributed by atoms with van der Waals surface area (Å²) in [5.74, 6) is 0. The third-order valence-electron chi connectivity index (χ3n) is 3.41. The number of rotatable bonds is 9. The fraction of sp³-hybridized carbons (Fsp3) is 0.625. The quantitative estimate of drug-likeness (QED) is 0.694. The molecule has 0 atom stereocenters. The zero-order valence-corrected chi connectivity index (χ0v) is 12.8. The van der Waals surface area contributed by atoms with Gasteiger partial charge in [0, 0.05) is 39.5 Å². The molecule has 1 aromatic carbocycles. The number of nitrogens with zero attached hydrogens (tertiary/aromatic N) is 1. The van der Waals surface area contributed by atoms with Crippen LogP contribution in [0.5, 0.6) is 0 Å². The van der Waals surface area contributed by atoms with Crippen molar-refractivity contribution in [3.05, 3.63) is 29.3 Å². The smallest absolute Gasteiger partial charge is 0.0587 e. The lowest BCUT2D eigenvalue weighted by atomic mass is 10.1. The van der Waals surface area contributed by atoms with Crippen molar-refractivity contribution in [2.24, 2.45) is 0 Å². The number of nitrogens with one attached hydrogen (secondary N) is 1. The molecule has 0 aliphatic heterocycles. The van der Waals surface area contributed by atoms with Crippen molar-refractivity contribution >= 4 is 5.69 Å². The Hall–Kier alpha value is -1.06. The van der Waals surface area contributed by atoms with Gasteiger partial charge in [-0.1, -0.05) is 19.4 Å². The summed E-state index contributed by atoms with van der Waals surface area (Å²) < 4.78 is 5.03. The molecule has 0 fully saturated rings. The van der Waals surface area contributed by atoms with Gasteiger partial charge in [-0.2, -0.15) is 0 Å². The highest BCUT2D eigenvalue weighted by Crippen LogP contribution is 2.18. The first kappa shape index (κ1) is 16.0. The molecule has 0 aromatic heterocycles. The predicted octanol–water partition coefficient (Wildman–Crippen LogP) is 2.97. The van der Waals surface area contributed by atoms with Crippen molar-refractivity contribution in [2.45, 2.75) is 33.2 Å². The fourth-order valence-corrected chi connectivity index (χ4v) is 2.04. The van der Waals surface area contributed by atoms with Gasteiger partial charge in [0.1, 0.15) is 0 Å². The number of ether oxygens (including phenoxy) is 1. The van der Waals surface area contributed by atoms with Crippen molar-refractivity contribution in [1.29, 1.82) is 0 Å². The highest BCUT2D eigenvalue weighted by molar-refractivity contribution is 5.50. The Kier molecular flexibility index (Phi) is 7.53. The molecule has 1 N–H and O–H groups in total. The third-order valence-corrected chi connectivity index (χ3v) is 3.41. The van der Waals surface area contributed by atoms with Gasteiger partial charge in [0.15, 0.2) is 0 Å². The summed E-state index contributed by atoms with van der Waals surface area (Å²) in [5, 5.41) is 3.39. The molecule has 3 nitrogen and oxygen atoms in total. The van der Waals surface area contributed by atoms with E-state index in [1.54, 1.807) is 7.11 Å². The average molecular weight is 264 g/mol. The van der Waals surface area contributed by atoms with Crippen LogP contribution in [0.15, 0.2) is 18.2 Å². The molecule has 1 aromatic rings. The van der Waals surface area contributed by atoms with Gasteiger partial charge < -0.3 is 15.0 Å². The molecule has 108 valence electrons. The third kappa shape index (κ3) is 5.62. The molecule has 0 saturated carbocycles. The van der Waals surface area contributed by atoms with Gasteiger partial charge in [-0.3, -0.25) is 0 Å². The van der Waals surface area contributed by atoms with Crippen LogP contribution in [0.2, 0.25) is 0 Å². The van der Waals surface area contributed by atoms with E-state index < -0.39 is 0 Å². The zero-order valence-electron chi connectivity index (χ0n) is 12.8. The van der Waals surface area contributed by atoms with E-state index in [1.807, 2.05) is 0 Å². The van der Waals surface area contributed by atoms with E-state index in [2.05, 4.69) is 49.3 Å². The Balaban J connectivity index is 2.53. The number of benzene rings is 1. The van der Waals surface area contributed by atoms with Crippen LogP contribution in [0.1, 0.15) is 30.9 Å². The molecular weight excluding hydrogens is 236 g/mol. The molecule has 0 bridgehead atoms. The Morgan fingerprint density at radius 1 is 1.32 bits per heavy atom. The lowest BCUT2D eigenvalue weighted by molar-refractivity contribution is 0.199. The minimum Gasteiger partial charge on any atom is -0.383 e. The fourth-order valence-electron chi connectivity index (χ4n) is 2.04. The summed E-state index contributed by atoms with van der Waals surface area (Å²) in [6.45, 7) is 8.11. The summed E-state index contributed by atoms with van der Waals surface area (Å²) in [6.07, 6.45) is 2.49.